The summed E-state index contributed by atoms with van der Waals surface area (Å²) >= 11 is 0. The Morgan fingerprint density at radius 3 is 2.50 bits per heavy atom. The van der Waals surface area contributed by atoms with Gasteiger partial charge in [-0.2, -0.15) is 5.26 Å². The van der Waals surface area contributed by atoms with Crippen LogP contribution in [-0.2, 0) is 19.8 Å². The van der Waals surface area contributed by atoms with Gasteiger partial charge in [0.25, 0.3) is 5.91 Å². The van der Waals surface area contributed by atoms with Crippen LogP contribution in [0.2, 0.25) is 0 Å². The molecule has 0 aromatic heterocycles. The Labute approximate surface area is 190 Å². The molecule has 1 saturated heterocycles. The number of benzene rings is 1. The third kappa shape index (κ3) is 5.91. The molecule has 0 atom stereocenters. The fourth-order valence-electron chi connectivity index (χ4n) is 4.27. The number of hydroxylamine groups is 1. The summed E-state index contributed by atoms with van der Waals surface area (Å²) in [6.07, 6.45) is 5.96. The highest BCUT2D eigenvalue weighted by atomic mass is 16.8. The Bertz CT molecular complexity index is 821. The van der Waals surface area contributed by atoms with E-state index in [0.29, 0.717) is 37.4 Å². The molecule has 0 radical (unpaired) electrons. The second kappa shape index (κ2) is 10.5. The van der Waals surface area contributed by atoms with Crippen LogP contribution in [0.15, 0.2) is 18.2 Å². The highest BCUT2D eigenvalue weighted by Crippen LogP contribution is 2.40. The van der Waals surface area contributed by atoms with Crippen molar-refractivity contribution in [3.05, 3.63) is 23.8 Å². The zero-order chi connectivity index (χ0) is 23.2. The molecule has 1 aliphatic heterocycles. The second-order valence-corrected chi connectivity index (χ2v) is 9.09. The van der Waals surface area contributed by atoms with E-state index in [2.05, 4.69) is 11.5 Å². The van der Waals surface area contributed by atoms with Gasteiger partial charge in [0.2, 0.25) is 0 Å². The molecule has 1 N–H and O–H groups in total. The lowest BCUT2D eigenvalue weighted by molar-refractivity contribution is -0.231. The van der Waals surface area contributed by atoms with Crippen molar-refractivity contribution in [2.24, 2.45) is 0 Å². The van der Waals surface area contributed by atoms with Gasteiger partial charge in [0.15, 0.2) is 17.3 Å². The molecule has 8 heteroatoms. The summed E-state index contributed by atoms with van der Waals surface area (Å²) in [6, 6.07) is 8.39. The molecular weight excluding hydrogens is 410 g/mol. The highest BCUT2D eigenvalue weighted by molar-refractivity contribution is 5.77. The lowest BCUT2D eigenvalue weighted by Gasteiger charge is -2.37. The number of rotatable bonds is 9. The minimum atomic E-state index is -0.889. The van der Waals surface area contributed by atoms with Crippen molar-refractivity contribution in [2.45, 2.75) is 69.7 Å². The Balaban J connectivity index is 1.63. The number of likely N-dealkylation sites (tertiary alicyclic amines) is 1. The number of methoxy groups -OCH3 is 2. The molecule has 0 unspecified atom stereocenters. The van der Waals surface area contributed by atoms with Crippen LogP contribution in [0.5, 0.6) is 11.5 Å². The van der Waals surface area contributed by atoms with Crippen LogP contribution in [0.25, 0.3) is 0 Å². The second-order valence-electron chi connectivity index (χ2n) is 9.09. The normalized spacial score (nSPS) is 19.3. The average molecular weight is 446 g/mol. The first kappa shape index (κ1) is 24.3. The Kier molecular flexibility index (Phi) is 7.99. The largest absolute Gasteiger partial charge is 0.493 e. The summed E-state index contributed by atoms with van der Waals surface area (Å²) in [5, 5.41) is 10.1. The van der Waals surface area contributed by atoms with Crippen LogP contribution in [0, 0.1) is 11.3 Å². The minimum Gasteiger partial charge on any atom is -0.493 e. The first-order valence-corrected chi connectivity index (χ1v) is 11.3. The van der Waals surface area contributed by atoms with E-state index >= 15 is 0 Å². The van der Waals surface area contributed by atoms with Gasteiger partial charge in [0.1, 0.15) is 0 Å². The zero-order valence-corrected chi connectivity index (χ0v) is 19.6. The van der Waals surface area contributed by atoms with Crippen molar-refractivity contribution < 1.29 is 23.8 Å². The number of amides is 1. The monoisotopic (exact) mass is 445 g/mol. The van der Waals surface area contributed by atoms with Crippen molar-refractivity contribution >= 4 is 5.91 Å². The number of carbonyl (C=O) groups is 1. The quantitative estimate of drug-likeness (QED) is 0.460. The minimum absolute atomic E-state index is 0.208. The van der Waals surface area contributed by atoms with E-state index in [1.54, 1.807) is 21.0 Å². The summed E-state index contributed by atoms with van der Waals surface area (Å²) in [6.45, 7) is 4.92. The molecule has 32 heavy (non-hydrogen) atoms. The molecule has 1 heterocycles. The molecule has 1 amide bonds. The summed E-state index contributed by atoms with van der Waals surface area (Å²) < 4.78 is 16.9. The van der Waals surface area contributed by atoms with E-state index in [9.17, 15) is 10.1 Å². The molecule has 1 aromatic rings. The van der Waals surface area contributed by atoms with Gasteiger partial charge in [-0.3, -0.25) is 9.69 Å². The third-order valence-corrected chi connectivity index (χ3v) is 6.51. The standard InChI is InChI=1S/C24H35N3O5/c1-23(2,30-4)32-26-22(28)16-27-13-11-24(17-25,12-14-27)18-9-10-20(29-3)21(15-18)31-19-7-5-6-8-19/h9-10,15,19H,5-8,11-14,16H2,1-4H3,(H,26,28). The fourth-order valence-corrected chi connectivity index (χ4v) is 4.27. The first-order chi connectivity index (χ1) is 15.3. The first-order valence-electron chi connectivity index (χ1n) is 11.3. The molecule has 8 nitrogen and oxygen atoms in total. The van der Waals surface area contributed by atoms with Gasteiger partial charge < -0.3 is 14.2 Å². The molecule has 1 aliphatic carbocycles. The van der Waals surface area contributed by atoms with Crippen LogP contribution in [0.3, 0.4) is 0 Å². The maximum absolute atomic E-state index is 12.2. The maximum Gasteiger partial charge on any atom is 0.257 e. The smallest absolute Gasteiger partial charge is 0.257 e. The van der Waals surface area contributed by atoms with E-state index in [4.69, 9.17) is 19.0 Å². The maximum atomic E-state index is 12.2. The summed E-state index contributed by atoms with van der Waals surface area (Å²) in [7, 11) is 3.15. The number of hydrogen-bond acceptors (Lipinski definition) is 7. The van der Waals surface area contributed by atoms with Crippen molar-refractivity contribution in [1.29, 1.82) is 5.26 Å². The van der Waals surface area contributed by atoms with Gasteiger partial charge in [0, 0.05) is 20.2 Å². The van der Waals surface area contributed by atoms with Crippen molar-refractivity contribution in [2.75, 3.05) is 33.9 Å². The molecule has 3 rings (SSSR count). The van der Waals surface area contributed by atoms with Crippen molar-refractivity contribution in [3.8, 4) is 17.6 Å². The predicted molar refractivity (Wildman–Crippen MR) is 119 cm³/mol. The van der Waals surface area contributed by atoms with Crippen LogP contribution >= 0.6 is 0 Å². The Morgan fingerprint density at radius 2 is 1.91 bits per heavy atom. The van der Waals surface area contributed by atoms with Crippen molar-refractivity contribution in [3.63, 3.8) is 0 Å². The van der Waals surface area contributed by atoms with Gasteiger partial charge >= 0.3 is 0 Å². The van der Waals surface area contributed by atoms with E-state index in [0.717, 1.165) is 18.4 Å². The number of nitrogens with one attached hydrogen (secondary N) is 1. The molecule has 0 spiro atoms. The molecular formula is C24H35N3O5. The van der Waals surface area contributed by atoms with E-state index in [1.807, 2.05) is 23.1 Å². The summed E-state index contributed by atoms with van der Waals surface area (Å²) in [4.78, 5) is 19.5. The molecule has 1 aromatic carbocycles. The number of hydrogen-bond donors (Lipinski definition) is 1. The average Bonchev–Trinajstić information content (AvgIpc) is 3.31. The van der Waals surface area contributed by atoms with Gasteiger partial charge in [0.05, 0.1) is 31.2 Å². The van der Waals surface area contributed by atoms with E-state index in [1.165, 1.54) is 20.0 Å². The Morgan fingerprint density at radius 1 is 1.22 bits per heavy atom. The number of carbonyl (C=O) groups excluding carboxylic acids is 1. The third-order valence-electron chi connectivity index (χ3n) is 6.51. The summed E-state index contributed by atoms with van der Waals surface area (Å²) in [5.41, 5.74) is 2.78. The predicted octanol–water partition coefficient (Wildman–Crippen LogP) is 3.30. The topological polar surface area (TPSA) is 93.1 Å². The SMILES string of the molecule is COc1ccc(C2(C#N)CCN(CC(=O)NOC(C)(C)OC)CC2)cc1OC1CCCC1. The number of nitrogens with zero attached hydrogens (tertiary/aromatic N) is 2. The summed E-state index contributed by atoms with van der Waals surface area (Å²) in [5.74, 6) is 0.282. The van der Waals surface area contributed by atoms with Gasteiger partial charge in [-0.25, -0.2) is 10.3 Å². The van der Waals surface area contributed by atoms with Crippen LogP contribution < -0.4 is 15.0 Å². The molecule has 176 valence electrons. The number of nitriles is 1. The fraction of sp³-hybridized carbons (Fsp3) is 0.667. The van der Waals surface area contributed by atoms with Gasteiger partial charge in [-0.05, 0) is 70.1 Å². The lowest BCUT2D eigenvalue weighted by atomic mass is 9.74. The van der Waals surface area contributed by atoms with E-state index in [-0.39, 0.29) is 18.6 Å². The van der Waals surface area contributed by atoms with Crippen LogP contribution in [-0.4, -0.2) is 56.6 Å². The number of ether oxygens (including phenoxy) is 3. The molecule has 1 saturated carbocycles. The van der Waals surface area contributed by atoms with Crippen LogP contribution in [0.1, 0.15) is 57.9 Å². The highest BCUT2D eigenvalue weighted by Gasteiger charge is 2.38. The molecule has 2 fully saturated rings. The van der Waals surface area contributed by atoms with Crippen LogP contribution in [0.4, 0.5) is 0 Å². The van der Waals surface area contributed by atoms with Gasteiger partial charge in [-0.15, -0.1) is 0 Å². The van der Waals surface area contributed by atoms with Crippen molar-refractivity contribution in [1.82, 2.24) is 10.4 Å². The Hall–Kier alpha value is -2.34. The zero-order valence-electron chi connectivity index (χ0n) is 19.6. The number of piperidine rings is 1. The van der Waals surface area contributed by atoms with Gasteiger partial charge in [-0.1, -0.05) is 6.07 Å². The molecule has 2 aliphatic rings. The molecule has 0 bridgehead atoms. The van der Waals surface area contributed by atoms with E-state index < -0.39 is 11.2 Å². The lowest BCUT2D eigenvalue weighted by Crippen LogP contribution is -2.47.